The van der Waals surface area contributed by atoms with Crippen LogP contribution >= 0.6 is 12.4 Å². The van der Waals surface area contributed by atoms with E-state index < -0.39 is 0 Å². The number of hydrogen-bond donors (Lipinski definition) is 1. The van der Waals surface area contributed by atoms with Gasteiger partial charge in [-0.05, 0) is 12.8 Å². The molecule has 2 heterocycles. The van der Waals surface area contributed by atoms with Crippen LogP contribution < -0.4 is 5.73 Å². The number of halogens is 1. The molecular formula is C8H14ClN3. The van der Waals surface area contributed by atoms with E-state index in [1.54, 1.807) is 0 Å². The third-order valence-electron chi connectivity index (χ3n) is 2.17. The highest BCUT2D eigenvalue weighted by atomic mass is 35.5. The van der Waals surface area contributed by atoms with Crippen molar-refractivity contribution < 1.29 is 0 Å². The van der Waals surface area contributed by atoms with Gasteiger partial charge in [-0.3, -0.25) is 0 Å². The van der Waals surface area contributed by atoms with Crippen LogP contribution in [0.15, 0.2) is 6.20 Å². The Hall–Kier alpha value is -0.540. The zero-order valence-corrected chi connectivity index (χ0v) is 7.81. The van der Waals surface area contributed by atoms with Crippen LogP contribution in [0.25, 0.3) is 0 Å². The molecule has 0 aromatic carbocycles. The van der Waals surface area contributed by atoms with Crippen LogP contribution in [0.3, 0.4) is 0 Å². The summed E-state index contributed by atoms with van der Waals surface area (Å²) in [5, 5.41) is 0. The van der Waals surface area contributed by atoms with E-state index in [9.17, 15) is 0 Å². The van der Waals surface area contributed by atoms with Crippen molar-refractivity contribution in [1.29, 1.82) is 0 Å². The molecule has 1 aromatic heterocycles. The molecule has 2 rings (SSSR count). The minimum Gasteiger partial charge on any atom is -0.335 e. The van der Waals surface area contributed by atoms with Gasteiger partial charge >= 0.3 is 0 Å². The largest absolute Gasteiger partial charge is 0.335 e. The van der Waals surface area contributed by atoms with Crippen molar-refractivity contribution in [3.05, 3.63) is 17.7 Å². The number of rotatable bonds is 1. The van der Waals surface area contributed by atoms with Crippen LogP contribution in [-0.2, 0) is 19.5 Å². The molecule has 68 valence electrons. The Bertz CT molecular complexity index is 233. The van der Waals surface area contributed by atoms with E-state index >= 15 is 0 Å². The van der Waals surface area contributed by atoms with Crippen molar-refractivity contribution in [3.8, 4) is 0 Å². The Morgan fingerprint density at radius 2 is 2.33 bits per heavy atom. The summed E-state index contributed by atoms with van der Waals surface area (Å²) in [4.78, 5) is 4.41. The molecule has 1 aromatic rings. The molecule has 0 unspecified atom stereocenters. The second kappa shape index (κ2) is 3.92. The number of hydrogen-bond acceptors (Lipinski definition) is 2. The van der Waals surface area contributed by atoms with Crippen LogP contribution in [0.2, 0.25) is 0 Å². The van der Waals surface area contributed by atoms with E-state index in [1.165, 1.54) is 18.7 Å². The van der Waals surface area contributed by atoms with Gasteiger partial charge in [0.1, 0.15) is 5.82 Å². The maximum absolute atomic E-state index is 5.49. The lowest BCUT2D eigenvalue weighted by atomic mass is 10.2. The third-order valence-corrected chi connectivity index (χ3v) is 2.17. The fourth-order valence-electron chi connectivity index (χ4n) is 1.57. The number of fused-ring (bicyclic) bond motifs is 1. The number of nitrogens with two attached hydrogens (primary N) is 1. The smallest absolute Gasteiger partial charge is 0.109 e. The molecule has 0 radical (unpaired) electrons. The van der Waals surface area contributed by atoms with Gasteiger partial charge in [-0.25, -0.2) is 4.98 Å². The quantitative estimate of drug-likeness (QED) is 0.716. The fraction of sp³-hybridized carbons (Fsp3) is 0.625. The molecule has 12 heavy (non-hydrogen) atoms. The van der Waals surface area contributed by atoms with Crippen molar-refractivity contribution in [2.45, 2.75) is 32.4 Å². The normalized spacial score (nSPS) is 15.1. The molecule has 3 nitrogen and oxygen atoms in total. The molecule has 0 fully saturated rings. The van der Waals surface area contributed by atoms with E-state index in [0.717, 1.165) is 18.7 Å². The lowest BCUT2D eigenvalue weighted by Gasteiger charge is -2.11. The molecule has 1 aliphatic heterocycles. The number of aromatic nitrogens is 2. The summed E-state index contributed by atoms with van der Waals surface area (Å²) < 4.78 is 2.23. The van der Waals surface area contributed by atoms with Gasteiger partial charge in [0, 0.05) is 25.7 Å². The van der Waals surface area contributed by atoms with Gasteiger partial charge in [-0.1, -0.05) is 0 Å². The maximum atomic E-state index is 5.49. The van der Waals surface area contributed by atoms with Crippen molar-refractivity contribution in [3.63, 3.8) is 0 Å². The molecule has 0 saturated heterocycles. The fourth-order valence-corrected chi connectivity index (χ4v) is 1.57. The average Bonchev–Trinajstić information content (AvgIpc) is 2.46. The van der Waals surface area contributed by atoms with E-state index in [1.807, 2.05) is 0 Å². The molecule has 0 aliphatic carbocycles. The van der Waals surface area contributed by atoms with Crippen molar-refractivity contribution in [2.75, 3.05) is 0 Å². The Labute approximate surface area is 78.4 Å². The molecule has 1 aliphatic rings. The van der Waals surface area contributed by atoms with Gasteiger partial charge in [0.15, 0.2) is 0 Å². The number of aryl methyl sites for hydroxylation is 2. The molecular weight excluding hydrogens is 174 g/mol. The first kappa shape index (κ1) is 9.55. The highest BCUT2D eigenvalue weighted by Crippen LogP contribution is 2.13. The van der Waals surface area contributed by atoms with Gasteiger partial charge in [-0.15, -0.1) is 12.4 Å². The van der Waals surface area contributed by atoms with Crippen molar-refractivity contribution in [1.82, 2.24) is 9.55 Å². The van der Waals surface area contributed by atoms with Crippen LogP contribution in [-0.4, -0.2) is 9.55 Å². The van der Waals surface area contributed by atoms with Gasteiger partial charge < -0.3 is 10.3 Å². The Morgan fingerprint density at radius 1 is 1.50 bits per heavy atom. The molecule has 0 atom stereocenters. The highest BCUT2D eigenvalue weighted by molar-refractivity contribution is 5.85. The minimum atomic E-state index is 0. The monoisotopic (exact) mass is 187 g/mol. The second-order valence-electron chi connectivity index (χ2n) is 3.00. The zero-order valence-electron chi connectivity index (χ0n) is 6.99. The average molecular weight is 188 g/mol. The summed E-state index contributed by atoms with van der Waals surface area (Å²) in [5.41, 5.74) is 6.52. The third kappa shape index (κ3) is 1.62. The Morgan fingerprint density at radius 3 is 3.00 bits per heavy atom. The van der Waals surface area contributed by atoms with Crippen LogP contribution in [0.5, 0.6) is 0 Å². The molecule has 0 amide bonds. The van der Waals surface area contributed by atoms with Crippen molar-refractivity contribution >= 4 is 12.4 Å². The molecule has 0 bridgehead atoms. The van der Waals surface area contributed by atoms with Crippen molar-refractivity contribution in [2.24, 2.45) is 5.73 Å². The predicted molar refractivity (Wildman–Crippen MR) is 50.3 cm³/mol. The zero-order chi connectivity index (χ0) is 7.68. The Kier molecular flexibility index (Phi) is 3.12. The summed E-state index contributed by atoms with van der Waals surface area (Å²) in [6.45, 7) is 1.70. The van der Waals surface area contributed by atoms with E-state index in [2.05, 4.69) is 15.7 Å². The Balaban J connectivity index is 0.000000720. The minimum absolute atomic E-state index is 0. The standard InChI is InChI=1S/C8H13N3.ClH/c9-5-7-6-11-4-2-1-3-8(11)10-7;/h6H,1-5,9H2;1H. The summed E-state index contributed by atoms with van der Waals surface area (Å²) in [7, 11) is 0. The summed E-state index contributed by atoms with van der Waals surface area (Å²) >= 11 is 0. The topological polar surface area (TPSA) is 43.8 Å². The highest BCUT2D eigenvalue weighted by Gasteiger charge is 2.10. The van der Waals surface area contributed by atoms with Crippen LogP contribution in [0.1, 0.15) is 24.4 Å². The lowest BCUT2D eigenvalue weighted by molar-refractivity contribution is 0.522. The van der Waals surface area contributed by atoms with Gasteiger partial charge in [-0.2, -0.15) is 0 Å². The van der Waals surface area contributed by atoms with Gasteiger partial charge in [0.25, 0.3) is 0 Å². The first-order chi connectivity index (χ1) is 5.40. The SMILES string of the molecule is Cl.NCc1cn2c(n1)CCCC2. The summed E-state index contributed by atoms with van der Waals surface area (Å²) in [6, 6.07) is 0. The molecule has 0 saturated carbocycles. The molecule has 0 spiro atoms. The van der Waals surface area contributed by atoms with Gasteiger partial charge in [0.05, 0.1) is 5.69 Å². The first-order valence-corrected chi connectivity index (χ1v) is 4.15. The van der Waals surface area contributed by atoms with Crippen LogP contribution in [0, 0.1) is 0 Å². The number of nitrogens with zero attached hydrogens (tertiary/aromatic N) is 2. The lowest BCUT2D eigenvalue weighted by Crippen LogP contribution is -2.08. The summed E-state index contributed by atoms with van der Waals surface area (Å²) in [5.74, 6) is 1.22. The predicted octanol–water partition coefficient (Wildman–Crippen LogP) is 1.10. The maximum Gasteiger partial charge on any atom is 0.109 e. The second-order valence-corrected chi connectivity index (χ2v) is 3.00. The molecule has 4 heteroatoms. The van der Waals surface area contributed by atoms with E-state index in [0.29, 0.717) is 6.54 Å². The first-order valence-electron chi connectivity index (χ1n) is 4.15. The van der Waals surface area contributed by atoms with E-state index in [-0.39, 0.29) is 12.4 Å². The van der Waals surface area contributed by atoms with E-state index in [4.69, 9.17) is 5.73 Å². The van der Waals surface area contributed by atoms with Gasteiger partial charge in [0.2, 0.25) is 0 Å². The number of imidazole rings is 1. The van der Waals surface area contributed by atoms with Crippen LogP contribution in [0.4, 0.5) is 0 Å². The summed E-state index contributed by atoms with van der Waals surface area (Å²) in [6.07, 6.45) is 5.77. The molecule has 2 N–H and O–H groups in total.